The van der Waals surface area contributed by atoms with Crippen LogP contribution in [0.3, 0.4) is 0 Å². The van der Waals surface area contributed by atoms with Gasteiger partial charge in [-0.2, -0.15) is 0 Å². The summed E-state index contributed by atoms with van der Waals surface area (Å²) in [6, 6.07) is 13.7. The van der Waals surface area contributed by atoms with Crippen LogP contribution in [0.15, 0.2) is 42.5 Å². The number of aliphatic hydroxyl groups excluding tert-OH is 2. The summed E-state index contributed by atoms with van der Waals surface area (Å²) in [5, 5.41) is 18.6. The predicted molar refractivity (Wildman–Crippen MR) is 112 cm³/mol. The first-order valence-corrected chi connectivity index (χ1v) is 9.67. The first-order chi connectivity index (χ1) is 13.2. The SMILES string of the molecule is CCN(CC)CCCOc1ccc(/C=C/c2ccc(CO)c(CO)c2)cc1. The van der Waals surface area contributed by atoms with Crippen molar-refractivity contribution in [1.82, 2.24) is 4.90 Å². The summed E-state index contributed by atoms with van der Waals surface area (Å²) in [5.41, 5.74) is 3.60. The molecule has 2 rings (SSSR count). The molecule has 0 aliphatic carbocycles. The predicted octanol–water partition coefficient (Wildman–Crippen LogP) is 3.95. The molecule has 0 unspecified atom stereocenters. The van der Waals surface area contributed by atoms with Gasteiger partial charge in [0.1, 0.15) is 5.75 Å². The average Bonchev–Trinajstić information content (AvgIpc) is 2.73. The Labute approximate surface area is 162 Å². The Bertz CT molecular complexity index is 706. The van der Waals surface area contributed by atoms with Gasteiger partial charge in [0.25, 0.3) is 0 Å². The minimum atomic E-state index is -0.0715. The highest BCUT2D eigenvalue weighted by molar-refractivity contribution is 5.70. The second kappa shape index (κ2) is 11.5. The summed E-state index contributed by atoms with van der Waals surface area (Å²) < 4.78 is 5.82. The van der Waals surface area contributed by atoms with Crippen LogP contribution in [0.2, 0.25) is 0 Å². The molecule has 0 aliphatic heterocycles. The summed E-state index contributed by atoms with van der Waals surface area (Å²) in [7, 11) is 0. The molecule has 0 spiro atoms. The largest absolute Gasteiger partial charge is 0.494 e. The second-order valence-corrected chi connectivity index (χ2v) is 6.48. The number of benzene rings is 2. The van der Waals surface area contributed by atoms with Gasteiger partial charge in [-0.25, -0.2) is 0 Å². The number of hydrogen-bond acceptors (Lipinski definition) is 4. The first-order valence-electron chi connectivity index (χ1n) is 9.67. The van der Waals surface area contributed by atoms with E-state index in [4.69, 9.17) is 4.74 Å². The van der Waals surface area contributed by atoms with Gasteiger partial charge in [0, 0.05) is 6.54 Å². The van der Waals surface area contributed by atoms with Crippen LogP contribution in [-0.4, -0.2) is 41.4 Å². The molecule has 2 aromatic carbocycles. The summed E-state index contributed by atoms with van der Waals surface area (Å²) in [4.78, 5) is 2.40. The maximum absolute atomic E-state index is 9.39. The van der Waals surface area contributed by atoms with E-state index in [1.807, 2.05) is 54.6 Å². The maximum atomic E-state index is 9.39. The van der Waals surface area contributed by atoms with Gasteiger partial charge >= 0.3 is 0 Å². The van der Waals surface area contributed by atoms with Crippen LogP contribution in [0.1, 0.15) is 42.5 Å². The van der Waals surface area contributed by atoms with Crippen LogP contribution in [0.25, 0.3) is 12.2 Å². The van der Waals surface area contributed by atoms with Crippen molar-refractivity contribution in [3.05, 3.63) is 64.7 Å². The molecule has 0 fully saturated rings. The maximum Gasteiger partial charge on any atom is 0.119 e. The Balaban J connectivity index is 1.87. The number of nitrogens with zero attached hydrogens (tertiary/aromatic N) is 1. The lowest BCUT2D eigenvalue weighted by molar-refractivity contribution is 0.249. The third-order valence-corrected chi connectivity index (χ3v) is 4.70. The molecule has 4 nitrogen and oxygen atoms in total. The lowest BCUT2D eigenvalue weighted by Crippen LogP contribution is -2.25. The lowest BCUT2D eigenvalue weighted by Gasteiger charge is -2.17. The van der Waals surface area contributed by atoms with Gasteiger partial charge < -0.3 is 19.8 Å². The molecule has 0 heterocycles. The smallest absolute Gasteiger partial charge is 0.119 e. The van der Waals surface area contributed by atoms with Gasteiger partial charge in [-0.3, -0.25) is 0 Å². The number of ether oxygens (including phenoxy) is 1. The summed E-state index contributed by atoms with van der Waals surface area (Å²) in [5.74, 6) is 0.890. The molecule has 146 valence electrons. The van der Waals surface area contributed by atoms with Crippen molar-refractivity contribution in [1.29, 1.82) is 0 Å². The van der Waals surface area contributed by atoms with Crippen molar-refractivity contribution in [2.75, 3.05) is 26.2 Å². The molecule has 2 aromatic rings. The van der Waals surface area contributed by atoms with Crippen LogP contribution in [0.4, 0.5) is 0 Å². The molecule has 2 N–H and O–H groups in total. The van der Waals surface area contributed by atoms with Gasteiger partial charge in [0.05, 0.1) is 19.8 Å². The van der Waals surface area contributed by atoms with E-state index in [1.165, 1.54) is 0 Å². The molecule has 4 heteroatoms. The standard InChI is InChI=1S/C23H31NO3/c1-3-24(4-2)14-5-15-27-23-12-9-19(10-13-23)6-7-20-8-11-21(17-25)22(16-20)18-26/h6-13,16,25-26H,3-5,14-15,17-18H2,1-2H3/b7-6+. The Morgan fingerprint density at radius 1 is 0.852 bits per heavy atom. The highest BCUT2D eigenvalue weighted by atomic mass is 16.5. The fourth-order valence-electron chi connectivity index (χ4n) is 2.94. The van der Waals surface area contributed by atoms with Gasteiger partial charge in [0.2, 0.25) is 0 Å². The minimum absolute atomic E-state index is 0.0593. The van der Waals surface area contributed by atoms with Crippen molar-refractivity contribution in [3.8, 4) is 5.75 Å². The van der Waals surface area contributed by atoms with E-state index in [9.17, 15) is 10.2 Å². The van der Waals surface area contributed by atoms with Crippen molar-refractivity contribution in [2.45, 2.75) is 33.5 Å². The molecule has 0 radical (unpaired) electrons. The molecule has 27 heavy (non-hydrogen) atoms. The topological polar surface area (TPSA) is 52.9 Å². The van der Waals surface area contributed by atoms with E-state index in [0.717, 1.165) is 60.7 Å². The van der Waals surface area contributed by atoms with Gasteiger partial charge in [-0.1, -0.05) is 50.3 Å². The molecule has 0 saturated heterocycles. The van der Waals surface area contributed by atoms with Crippen LogP contribution in [-0.2, 0) is 13.2 Å². The first kappa shape index (κ1) is 21.2. The van der Waals surface area contributed by atoms with Crippen LogP contribution < -0.4 is 4.74 Å². The Morgan fingerprint density at radius 2 is 1.48 bits per heavy atom. The Morgan fingerprint density at radius 3 is 2.11 bits per heavy atom. The van der Waals surface area contributed by atoms with E-state index in [-0.39, 0.29) is 13.2 Å². The summed E-state index contributed by atoms with van der Waals surface area (Å²) in [6.07, 6.45) is 5.06. The van der Waals surface area contributed by atoms with Gasteiger partial charge in [0.15, 0.2) is 0 Å². The molecule has 0 aromatic heterocycles. The number of aliphatic hydroxyl groups is 2. The van der Waals surface area contributed by atoms with Crippen molar-refractivity contribution in [3.63, 3.8) is 0 Å². The fourth-order valence-corrected chi connectivity index (χ4v) is 2.94. The highest BCUT2D eigenvalue weighted by Crippen LogP contribution is 2.17. The third kappa shape index (κ3) is 6.83. The quantitative estimate of drug-likeness (QED) is 0.465. The molecule has 0 saturated carbocycles. The molecular weight excluding hydrogens is 338 g/mol. The minimum Gasteiger partial charge on any atom is -0.494 e. The van der Waals surface area contributed by atoms with Crippen molar-refractivity contribution >= 4 is 12.2 Å². The lowest BCUT2D eigenvalue weighted by atomic mass is 10.0. The van der Waals surface area contributed by atoms with E-state index < -0.39 is 0 Å². The fraction of sp³-hybridized carbons (Fsp3) is 0.391. The van der Waals surface area contributed by atoms with Gasteiger partial charge in [-0.05, 0) is 60.0 Å². The zero-order chi connectivity index (χ0) is 19.5. The number of hydrogen-bond donors (Lipinski definition) is 2. The normalized spacial score (nSPS) is 11.4. The Hall–Kier alpha value is -2.14. The summed E-state index contributed by atoms with van der Waals surface area (Å²) >= 11 is 0. The van der Waals surface area contributed by atoms with Crippen LogP contribution in [0.5, 0.6) is 5.75 Å². The molecule has 0 aliphatic rings. The number of rotatable bonds is 11. The van der Waals surface area contributed by atoms with Crippen LogP contribution in [0, 0.1) is 0 Å². The monoisotopic (exact) mass is 369 g/mol. The zero-order valence-electron chi connectivity index (χ0n) is 16.4. The van der Waals surface area contributed by atoms with E-state index >= 15 is 0 Å². The van der Waals surface area contributed by atoms with Crippen molar-refractivity contribution in [2.24, 2.45) is 0 Å². The molecular formula is C23H31NO3. The third-order valence-electron chi connectivity index (χ3n) is 4.70. The molecule has 0 bridgehead atoms. The second-order valence-electron chi connectivity index (χ2n) is 6.48. The Kier molecular flexibility index (Phi) is 9.05. The average molecular weight is 370 g/mol. The van der Waals surface area contributed by atoms with Gasteiger partial charge in [-0.15, -0.1) is 0 Å². The zero-order valence-corrected chi connectivity index (χ0v) is 16.4. The van der Waals surface area contributed by atoms with Crippen LogP contribution >= 0.6 is 0 Å². The van der Waals surface area contributed by atoms with E-state index in [0.29, 0.717) is 0 Å². The molecule has 0 amide bonds. The van der Waals surface area contributed by atoms with Crippen molar-refractivity contribution < 1.29 is 14.9 Å². The highest BCUT2D eigenvalue weighted by Gasteiger charge is 2.01. The molecule has 0 atom stereocenters. The summed E-state index contributed by atoms with van der Waals surface area (Å²) in [6.45, 7) is 8.20. The van der Waals surface area contributed by atoms with E-state index in [1.54, 1.807) is 0 Å². The van der Waals surface area contributed by atoms with E-state index in [2.05, 4.69) is 18.7 Å².